The molecule has 0 saturated heterocycles. The number of hydrogen-bond donors (Lipinski definition) is 0. The van der Waals surface area contributed by atoms with Crippen molar-refractivity contribution in [3.63, 3.8) is 0 Å². The largest absolute Gasteiger partial charge is 0.462 e. The maximum Gasteiger partial charge on any atom is 0.333 e. The summed E-state index contributed by atoms with van der Waals surface area (Å²) in [5.41, 5.74) is 0.433. The summed E-state index contributed by atoms with van der Waals surface area (Å²) in [5.74, 6) is -2.11. The van der Waals surface area contributed by atoms with Crippen LogP contribution >= 0.6 is 0 Å². The molecule has 0 heterocycles. The smallest absolute Gasteiger partial charge is 0.333 e. The van der Waals surface area contributed by atoms with Crippen LogP contribution in [0.3, 0.4) is 0 Å². The molecule has 0 rings (SSSR count). The number of ether oxygens (including phenoxy) is 4. The highest BCUT2D eigenvalue weighted by molar-refractivity contribution is 5.88. The number of hydrogen-bond acceptors (Lipinski definition) is 8. The lowest BCUT2D eigenvalue weighted by Crippen LogP contribution is -2.30. The Labute approximate surface area is 196 Å². The molecule has 33 heavy (non-hydrogen) atoms. The van der Waals surface area contributed by atoms with E-state index in [1.165, 1.54) is 0 Å². The minimum Gasteiger partial charge on any atom is -0.462 e. The van der Waals surface area contributed by atoms with Crippen molar-refractivity contribution in [3.8, 4) is 0 Å². The molecular weight excluding hydrogens is 428 g/mol. The maximum absolute atomic E-state index is 11.8. The number of carbonyl (C=O) groups is 4. The molecule has 8 nitrogen and oxygen atoms in total. The molecule has 184 valence electrons. The average Bonchev–Trinajstić information content (AvgIpc) is 2.72. The lowest BCUT2D eigenvalue weighted by Gasteiger charge is -2.33. The van der Waals surface area contributed by atoms with E-state index in [2.05, 4.69) is 26.3 Å². The molecule has 0 spiro atoms. The normalized spacial score (nSPS) is 10.5. The Morgan fingerprint density at radius 3 is 0.818 bits per heavy atom. The van der Waals surface area contributed by atoms with Gasteiger partial charge in [-0.15, -0.1) is 0 Å². The van der Waals surface area contributed by atoms with E-state index < -0.39 is 29.3 Å². The molecule has 0 aliphatic heterocycles. The third kappa shape index (κ3) is 12.5. The van der Waals surface area contributed by atoms with E-state index in [9.17, 15) is 19.2 Å². The molecule has 0 aromatic carbocycles. The summed E-state index contributed by atoms with van der Waals surface area (Å²) in [7, 11) is 0. The van der Waals surface area contributed by atoms with Gasteiger partial charge in [-0.05, 0) is 58.8 Å². The molecule has 0 bridgehead atoms. The molecule has 0 N–H and O–H groups in total. The molecule has 0 aromatic heterocycles. The molecule has 8 heteroatoms. The average molecular weight is 465 g/mol. The van der Waals surface area contributed by atoms with Gasteiger partial charge in [-0.3, -0.25) is 0 Å². The molecule has 0 atom stereocenters. The van der Waals surface area contributed by atoms with Gasteiger partial charge in [-0.2, -0.15) is 0 Å². The van der Waals surface area contributed by atoms with Crippen molar-refractivity contribution in [1.82, 2.24) is 0 Å². The highest BCUT2D eigenvalue weighted by Crippen LogP contribution is 2.36. The zero-order chi connectivity index (χ0) is 25.6. The van der Waals surface area contributed by atoms with Crippen molar-refractivity contribution in [1.29, 1.82) is 0 Å². The minimum atomic E-state index is -0.630. The van der Waals surface area contributed by atoms with Crippen LogP contribution in [0, 0.1) is 5.41 Å². The molecule has 0 aliphatic rings. The van der Waals surface area contributed by atoms with Gasteiger partial charge < -0.3 is 18.9 Å². The zero-order valence-corrected chi connectivity index (χ0v) is 20.3. The topological polar surface area (TPSA) is 105 Å². The summed E-state index contributed by atoms with van der Waals surface area (Å²) in [6.45, 7) is 20.6. The van der Waals surface area contributed by atoms with Crippen LogP contribution < -0.4 is 0 Å². The predicted octanol–water partition coefficient (Wildman–Crippen LogP) is 4.01. The monoisotopic (exact) mass is 464 g/mol. The zero-order valence-electron chi connectivity index (χ0n) is 20.3. The van der Waals surface area contributed by atoms with Crippen molar-refractivity contribution >= 4 is 23.9 Å². The summed E-state index contributed by atoms with van der Waals surface area (Å²) >= 11 is 0. The SMILES string of the molecule is C=C(C)C(=O)OCCC(CCOC(=O)C(=C)C)(CCOC(=O)C(=C)C)CCOC(=O)C(=C)C. The molecule has 0 unspecified atom stereocenters. The third-order valence-corrected chi connectivity index (χ3v) is 4.86. The van der Waals surface area contributed by atoms with Crippen molar-refractivity contribution in [2.75, 3.05) is 26.4 Å². The summed E-state index contributed by atoms with van der Waals surface area (Å²) in [6, 6.07) is 0. The van der Waals surface area contributed by atoms with E-state index in [0.717, 1.165) is 0 Å². The Morgan fingerprint density at radius 2 is 0.667 bits per heavy atom. The first-order chi connectivity index (χ1) is 15.3. The highest BCUT2D eigenvalue weighted by atomic mass is 16.5. The maximum atomic E-state index is 11.8. The van der Waals surface area contributed by atoms with Crippen LogP contribution in [-0.2, 0) is 38.1 Å². The van der Waals surface area contributed by atoms with E-state index in [0.29, 0.717) is 25.7 Å². The third-order valence-electron chi connectivity index (χ3n) is 4.86. The Balaban J connectivity index is 5.49. The second kappa shape index (κ2) is 14.8. The molecular formula is C25H36O8. The second-order valence-corrected chi connectivity index (χ2v) is 8.16. The first-order valence-corrected chi connectivity index (χ1v) is 10.6. The standard InChI is InChI=1S/C25H36O8/c1-17(2)21(26)30-13-9-25(10-14-31-22(27)18(3)4,11-15-32-23(28)19(5)6)12-16-33-24(29)20(7)8/h1,3,5,7,9-16H2,2,4,6,8H3. The summed E-state index contributed by atoms with van der Waals surface area (Å²) in [6.07, 6.45) is 1.41. The van der Waals surface area contributed by atoms with E-state index in [4.69, 9.17) is 18.9 Å². The van der Waals surface area contributed by atoms with Gasteiger partial charge in [0.15, 0.2) is 0 Å². The first-order valence-electron chi connectivity index (χ1n) is 10.6. The van der Waals surface area contributed by atoms with E-state index in [1.807, 2.05) is 0 Å². The highest BCUT2D eigenvalue weighted by Gasteiger charge is 2.32. The van der Waals surface area contributed by atoms with Crippen LogP contribution in [0.5, 0.6) is 0 Å². The quantitative estimate of drug-likeness (QED) is 0.192. The number of esters is 4. The fraction of sp³-hybridized carbons (Fsp3) is 0.520. The van der Waals surface area contributed by atoms with E-state index in [-0.39, 0.29) is 48.7 Å². The first kappa shape index (κ1) is 29.8. The van der Waals surface area contributed by atoms with Crippen LogP contribution in [0.15, 0.2) is 48.6 Å². The lowest BCUT2D eigenvalue weighted by atomic mass is 9.76. The van der Waals surface area contributed by atoms with Crippen LogP contribution in [0.1, 0.15) is 53.4 Å². The lowest BCUT2D eigenvalue weighted by molar-refractivity contribution is -0.141. The molecule has 0 radical (unpaired) electrons. The van der Waals surface area contributed by atoms with Gasteiger partial charge in [0.25, 0.3) is 0 Å². The van der Waals surface area contributed by atoms with Gasteiger partial charge in [-0.1, -0.05) is 26.3 Å². The van der Waals surface area contributed by atoms with Crippen molar-refractivity contribution in [3.05, 3.63) is 48.6 Å². The van der Waals surface area contributed by atoms with Crippen LogP contribution in [0.2, 0.25) is 0 Å². The van der Waals surface area contributed by atoms with Crippen LogP contribution in [0.4, 0.5) is 0 Å². The van der Waals surface area contributed by atoms with E-state index >= 15 is 0 Å². The second-order valence-electron chi connectivity index (χ2n) is 8.16. The molecule has 0 aromatic rings. The van der Waals surface area contributed by atoms with Crippen LogP contribution in [-0.4, -0.2) is 50.3 Å². The van der Waals surface area contributed by atoms with Gasteiger partial charge in [0, 0.05) is 22.3 Å². The fourth-order valence-corrected chi connectivity index (χ4v) is 2.68. The Morgan fingerprint density at radius 1 is 0.485 bits per heavy atom. The van der Waals surface area contributed by atoms with Crippen LogP contribution in [0.25, 0.3) is 0 Å². The van der Waals surface area contributed by atoms with E-state index in [1.54, 1.807) is 27.7 Å². The number of rotatable bonds is 16. The Bertz CT molecular complexity index is 657. The van der Waals surface area contributed by atoms with Gasteiger partial charge >= 0.3 is 23.9 Å². The molecule has 0 amide bonds. The summed E-state index contributed by atoms with van der Waals surface area (Å²) < 4.78 is 21.0. The molecule has 0 fully saturated rings. The Kier molecular flexibility index (Phi) is 13.4. The summed E-state index contributed by atoms with van der Waals surface area (Å²) in [4.78, 5) is 47.2. The fourth-order valence-electron chi connectivity index (χ4n) is 2.68. The summed E-state index contributed by atoms with van der Waals surface area (Å²) in [5, 5.41) is 0. The molecule has 0 saturated carbocycles. The van der Waals surface area contributed by atoms with Gasteiger partial charge in [0.2, 0.25) is 0 Å². The Hall–Kier alpha value is -3.16. The van der Waals surface area contributed by atoms with Crippen molar-refractivity contribution < 1.29 is 38.1 Å². The van der Waals surface area contributed by atoms with Gasteiger partial charge in [-0.25, -0.2) is 19.2 Å². The van der Waals surface area contributed by atoms with Crippen molar-refractivity contribution in [2.24, 2.45) is 5.41 Å². The van der Waals surface area contributed by atoms with Gasteiger partial charge in [0.1, 0.15) is 0 Å². The van der Waals surface area contributed by atoms with Crippen molar-refractivity contribution in [2.45, 2.75) is 53.4 Å². The molecule has 0 aliphatic carbocycles. The predicted molar refractivity (Wildman–Crippen MR) is 124 cm³/mol. The minimum absolute atomic E-state index is 0.0585. The van der Waals surface area contributed by atoms with Gasteiger partial charge in [0.05, 0.1) is 26.4 Å². The number of carbonyl (C=O) groups excluding carboxylic acids is 4.